The molecule has 1 unspecified atom stereocenters. The molecule has 0 spiro atoms. The highest BCUT2D eigenvalue weighted by Gasteiger charge is 2.09. The SMILES string of the molecule is COC(C)Cc1noc(NCC(C)C)n1. The first-order valence-corrected chi connectivity index (χ1v) is 5.21. The van der Waals surface area contributed by atoms with Gasteiger partial charge < -0.3 is 14.6 Å². The minimum Gasteiger partial charge on any atom is -0.381 e. The van der Waals surface area contributed by atoms with E-state index in [9.17, 15) is 0 Å². The Balaban J connectivity index is 2.42. The van der Waals surface area contributed by atoms with Gasteiger partial charge in [-0.15, -0.1) is 0 Å². The number of anilines is 1. The lowest BCUT2D eigenvalue weighted by atomic mass is 10.2. The number of rotatable bonds is 6. The predicted molar refractivity (Wildman–Crippen MR) is 57.8 cm³/mol. The summed E-state index contributed by atoms with van der Waals surface area (Å²) in [5, 5.41) is 6.93. The molecule has 0 aliphatic rings. The van der Waals surface area contributed by atoms with E-state index in [4.69, 9.17) is 9.26 Å². The zero-order chi connectivity index (χ0) is 11.3. The van der Waals surface area contributed by atoms with E-state index in [1.54, 1.807) is 7.11 Å². The first-order valence-electron chi connectivity index (χ1n) is 5.21. The zero-order valence-electron chi connectivity index (χ0n) is 9.78. The van der Waals surface area contributed by atoms with Gasteiger partial charge in [-0.3, -0.25) is 0 Å². The Bertz CT molecular complexity index is 286. The Hall–Kier alpha value is -1.10. The normalized spacial score (nSPS) is 13.1. The van der Waals surface area contributed by atoms with Gasteiger partial charge in [0.05, 0.1) is 6.10 Å². The van der Waals surface area contributed by atoms with Crippen LogP contribution in [0.5, 0.6) is 0 Å². The fourth-order valence-corrected chi connectivity index (χ4v) is 1.04. The minimum absolute atomic E-state index is 0.112. The maximum absolute atomic E-state index is 5.12. The summed E-state index contributed by atoms with van der Waals surface area (Å²) in [4.78, 5) is 4.20. The van der Waals surface area contributed by atoms with Crippen molar-refractivity contribution in [2.45, 2.75) is 33.3 Å². The van der Waals surface area contributed by atoms with E-state index < -0.39 is 0 Å². The lowest BCUT2D eigenvalue weighted by Crippen LogP contribution is -2.10. The third kappa shape index (κ3) is 4.29. The van der Waals surface area contributed by atoms with Gasteiger partial charge in [0.15, 0.2) is 5.82 Å². The van der Waals surface area contributed by atoms with Crippen LogP contribution >= 0.6 is 0 Å². The van der Waals surface area contributed by atoms with Gasteiger partial charge in [0.25, 0.3) is 0 Å². The van der Waals surface area contributed by atoms with Crippen LogP contribution in [-0.2, 0) is 11.2 Å². The average Bonchev–Trinajstić information content (AvgIpc) is 2.62. The van der Waals surface area contributed by atoms with E-state index in [1.165, 1.54) is 0 Å². The van der Waals surface area contributed by atoms with Crippen LogP contribution in [0.2, 0.25) is 0 Å². The van der Waals surface area contributed by atoms with Gasteiger partial charge in [-0.05, 0) is 12.8 Å². The molecule has 1 rings (SSSR count). The summed E-state index contributed by atoms with van der Waals surface area (Å²) >= 11 is 0. The van der Waals surface area contributed by atoms with Crippen molar-refractivity contribution in [2.75, 3.05) is 19.0 Å². The summed E-state index contributed by atoms with van der Waals surface area (Å²) in [6.07, 6.45) is 0.782. The van der Waals surface area contributed by atoms with Crippen molar-refractivity contribution in [3.8, 4) is 0 Å². The van der Waals surface area contributed by atoms with Gasteiger partial charge in [0.2, 0.25) is 0 Å². The van der Waals surface area contributed by atoms with Crippen molar-refractivity contribution in [3.63, 3.8) is 0 Å². The second kappa shape index (κ2) is 5.70. The van der Waals surface area contributed by atoms with Crippen LogP contribution in [0.3, 0.4) is 0 Å². The van der Waals surface area contributed by atoms with E-state index in [2.05, 4.69) is 29.3 Å². The highest BCUT2D eigenvalue weighted by atomic mass is 16.5. The number of nitrogens with zero attached hydrogens (tertiary/aromatic N) is 2. The number of aromatic nitrogens is 2. The topological polar surface area (TPSA) is 60.2 Å². The summed E-state index contributed by atoms with van der Waals surface area (Å²) in [5.74, 6) is 1.23. The van der Waals surface area contributed by atoms with Gasteiger partial charge in [-0.2, -0.15) is 4.98 Å². The molecule has 5 nitrogen and oxygen atoms in total. The van der Waals surface area contributed by atoms with Crippen LogP contribution in [0.25, 0.3) is 0 Å². The van der Waals surface area contributed by atoms with Crippen molar-refractivity contribution < 1.29 is 9.26 Å². The number of nitrogens with one attached hydrogen (secondary N) is 1. The lowest BCUT2D eigenvalue weighted by Gasteiger charge is -2.04. The number of ether oxygens (including phenoxy) is 1. The summed E-state index contributed by atoms with van der Waals surface area (Å²) in [5.41, 5.74) is 0. The zero-order valence-corrected chi connectivity index (χ0v) is 9.78. The standard InChI is InChI=1S/C10H19N3O2/c1-7(2)6-11-10-12-9(13-15-10)5-8(3)14-4/h7-8H,5-6H2,1-4H3,(H,11,12,13). The molecule has 0 saturated heterocycles. The minimum atomic E-state index is 0.112. The first kappa shape index (κ1) is 12.0. The molecule has 0 bridgehead atoms. The smallest absolute Gasteiger partial charge is 0.321 e. The molecule has 5 heteroatoms. The van der Waals surface area contributed by atoms with Gasteiger partial charge in [0.1, 0.15) is 0 Å². The molecule has 0 fully saturated rings. The predicted octanol–water partition coefficient (Wildman–Crippen LogP) is 1.71. The molecule has 0 amide bonds. The fourth-order valence-electron chi connectivity index (χ4n) is 1.04. The van der Waals surface area contributed by atoms with Gasteiger partial charge in [-0.25, -0.2) is 0 Å². The second-order valence-electron chi connectivity index (χ2n) is 4.04. The maximum atomic E-state index is 5.12. The van der Waals surface area contributed by atoms with Crippen molar-refractivity contribution in [3.05, 3.63) is 5.82 Å². The Morgan fingerprint density at radius 2 is 2.13 bits per heavy atom. The molecule has 1 heterocycles. The third-order valence-corrected chi connectivity index (χ3v) is 2.00. The lowest BCUT2D eigenvalue weighted by molar-refractivity contribution is 0.116. The number of hydrogen-bond donors (Lipinski definition) is 1. The molecule has 1 atom stereocenters. The van der Waals surface area contributed by atoms with Crippen LogP contribution in [0.1, 0.15) is 26.6 Å². The molecule has 86 valence electrons. The maximum Gasteiger partial charge on any atom is 0.321 e. The van der Waals surface area contributed by atoms with E-state index in [-0.39, 0.29) is 6.10 Å². The van der Waals surface area contributed by atoms with E-state index in [0.717, 1.165) is 6.54 Å². The van der Waals surface area contributed by atoms with Crippen LogP contribution < -0.4 is 5.32 Å². The van der Waals surface area contributed by atoms with Crippen molar-refractivity contribution >= 4 is 6.01 Å². The molecular weight excluding hydrogens is 194 g/mol. The summed E-state index contributed by atoms with van der Waals surface area (Å²) in [6.45, 7) is 7.05. The summed E-state index contributed by atoms with van der Waals surface area (Å²) in [6, 6.07) is 0.488. The molecule has 0 aromatic carbocycles. The summed E-state index contributed by atoms with van der Waals surface area (Å²) < 4.78 is 10.2. The van der Waals surface area contributed by atoms with Crippen molar-refractivity contribution in [1.82, 2.24) is 10.1 Å². The molecule has 15 heavy (non-hydrogen) atoms. The van der Waals surface area contributed by atoms with Crippen LogP contribution in [0, 0.1) is 5.92 Å². The van der Waals surface area contributed by atoms with Gasteiger partial charge in [0, 0.05) is 20.1 Å². The van der Waals surface area contributed by atoms with E-state index >= 15 is 0 Å². The molecule has 0 aliphatic heterocycles. The molecule has 1 N–H and O–H groups in total. The molecule has 1 aromatic heterocycles. The van der Waals surface area contributed by atoms with Crippen LogP contribution in [0.15, 0.2) is 4.52 Å². The molecule has 0 saturated carbocycles. The van der Waals surface area contributed by atoms with Crippen LogP contribution in [-0.4, -0.2) is 29.9 Å². The second-order valence-corrected chi connectivity index (χ2v) is 4.04. The van der Waals surface area contributed by atoms with Gasteiger partial charge >= 0.3 is 6.01 Å². The quantitative estimate of drug-likeness (QED) is 0.779. The van der Waals surface area contributed by atoms with Crippen molar-refractivity contribution in [2.24, 2.45) is 5.92 Å². The average molecular weight is 213 g/mol. The highest BCUT2D eigenvalue weighted by molar-refractivity contribution is 5.18. The Morgan fingerprint density at radius 1 is 1.40 bits per heavy atom. The van der Waals surface area contributed by atoms with Crippen LogP contribution in [0.4, 0.5) is 6.01 Å². The third-order valence-electron chi connectivity index (χ3n) is 2.00. The number of methoxy groups -OCH3 is 1. The molecule has 0 radical (unpaired) electrons. The molecule has 1 aromatic rings. The summed E-state index contributed by atoms with van der Waals surface area (Å²) in [7, 11) is 1.67. The molecule has 0 aliphatic carbocycles. The Morgan fingerprint density at radius 3 is 2.73 bits per heavy atom. The van der Waals surface area contributed by atoms with Gasteiger partial charge in [-0.1, -0.05) is 19.0 Å². The van der Waals surface area contributed by atoms with E-state index in [1.807, 2.05) is 6.92 Å². The largest absolute Gasteiger partial charge is 0.381 e. The first-order chi connectivity index (χ1) is 7.11. The Labute approximate surface area is 90.2 Å². The number of hydrogen-bond acceptors (Lipinski definition) is 5. The van der Waals surface area contributed by atoms with E-state index in [0.29, 0.717) is 24.2 Å². The molecular formula is C10H19N3O2. The highest BCUT2D eigenvalue weighted by Crippen LogP contribution is 2.07. The monoisotopic (exact) mass is 213 g/mol. The Kier molecular flexibility index (Phi) is 4.55. The fraction of sp³-hybridized carbons (Fsp3) is 0.800. The van der Waals surface area contributed by atoms with Crippen molar-refractivity contribution in [1.29, 1.82) is 0 Å².